The second-order valence-corrected chi connectivity index (χ2v) is 6.17. The first-order valence-electron chi connectivity index (χ1n) is 7.93. The molecule has 4 rings (SSSR count). The smallest absolute Gasteiger partial charge is 0.187 e. The predicted molar refractivity (Wildman–Crippen MR) is 91.4 cm³/mol. The third kappa shape index (κ3) is 2.84. The van der Waals surface area contributed by atoms with Gasteiger partial charge in [0, 0.05) is 30.7 Å². The molecule has 2 aromatic heterocycles. The molecule has 23 heavy (non-hydrogen) atoms. The van der Waals surface area contributed by atoms with Crippen LogP contribution in [0.25, 0.3) is 15.7 Å². The molecule has 1 aliphatic rings. The Morgan fingerprint density at radius 1 is 1.26 bits per heavy atom. The number of benzene rings is 1. The molecule has 114 valence electrons. The minimum absolute atomic E-state index is 0.606. The lowest BCUT2D eigenvalue weighted by Crippen LogP contribution is -2.16. The Labute approximate surface area is 135 Å². The van der Waals surface area contributed by atoms with Crippen LogP contribution in [0.4, 0.5) is 5.69 Å². The molecule has 2 atom stereocenters. The van der Waals surface area contributed by atoms with Crippen LogP contribution >= 0.6 is 0 Å². The van der Waals surface area contributed by atoms with E-state index in [2.05, 4.69) is 26.3 Å². The fourth-order valence-electron chi connectivity index (χ4n) is 3.26. The first kappa shape index (κ1) is 14.0. The molecule has 0 aliphatic heterocycles. The van der Waals surface area contributed by atoms with E-state index >= 15 is 0 Å². The second kappa shape index (κ2) is 5.86. The number of aromatic nitrogens is 2. The molecule has 1 fully saturated rings. The highest BCUT2D eigenvalue weighted by Crippen LogP contribution is 2.49. The van der Waals surface area contributed by atoms with Gasteiger partial charge in [0.05, 0.1) is 6.57 Å². The van der Waals surface area contributed by atoms with Crippen molar-refractivity contribution in [1.29, 1.82) is 0 Å². The Kier molecular flexibility index (Phi) is 3.57. The molecule has 2 heterocycles. The fourth-order valence-corrected chi connectivity index (χ4v) is 3.26. The molecular formula is C19H18N4. The Bertz CT molecular complexity index is 860. The van der Waals surface area contributed by atoms with Gasteiger partial charge >= 0.3 is 0 Å². The number of rotatable bonds is 5. The van der Waals surface area contributed by atoms with Gasteiger partial charge in [-0.3, -0.25) is 4.98 Å². The normalized spacial score (nSPS) is 19.6. The van der Waals surface area contributed by atoms with Crippen LogP contribution in [0.1, 0.15) is 23.5 Å². The van der Waals surface area contributed by atoms with E-state index < -0.39 is 0 Å². The van der Waals surface area contributed by atoms with Crippen LogP contribution in [-0.2, 0) is 6.54 Å². The number of nitrogens with one attached hydrogen (secondary N) is 2. The zero-order chi connectivity index (χ0) is 15.6. The summed E-state index contributed by atoms with van der Waals surface area (Å²) in [6.45, 7) is 9.10. The maximum absolute atomic E-state index is 7.18. The van der Waals surface area contributed by atoms with E-state index in [0.717, 1.165) is 18.6 Å². The van der Waals surface area contributed by atoms with Gasteiger partial charge < -0.3 is 10.3 Å². The van der Waals surface area contributed by atoms with E-state index in [1.54, 1.807) is 0 Å². The minimum Gasteiger partial charge on any atom is -0.361 e. The number of hydrogen-bond acceptors (Lipinski definition) is 2. The van der Waals surface area contributed by atoms with Crippen LogP contribution in [0.5, 0.6) is 0 Å². The van der Waals surface area contributed by atoms with Gasteiger partial charge in [-0.25, -0.2) is 4.85 Å². The maximum Gasteiger partial charge on any atom is 0.187 e. The molecule has 0 spiro atoms. The molecule has 3 aromatic rings. The molecular weight excluding hydrogens is 284 g/mol. The van der Waals surface area contributed by atoms with E-state index in [1.165, 1.54) is 22.9 Å². The van der Waals surface area contributed by atoms with Crippen molar-refractivity contribution in [2.45, 2.75) is 18.9 Å². The topological polar surface area (TPSA) is 45.1 Å². The highest BCUT2D eigenvalue weighted by molar-refractivity contribution is 5.87. The standard InChI is InChI=1S/C19H18N4/c1-20-15-2-3-19-17(9-15)18(12-23-19)16-8-14(16)11-22-10-13-4-6-21-7-5-13/h2-7,9,12,14,16,22-23H,8,10-11H2. The SMILES string of the molecule is [C-]#[N+]c1ccc2[nH]cc(C3CC3CNCc3ccncc3)c2c1. The van der Waals surface area contributed by atoms with Crippen molar-refractivity contribution in [3.63, 3.8) is 0 Å². The molecule has 0 radical (unpaired) electrons. The summed E-state index contributed by atoms with van der Waals surface area (Å²) in [4.78, 5) is 10.9. The minimum atomic E-state index is 0.606. The van der Waals surface area contributed by atoms with Gasteiger partial charge in [0.1, 0.15) is 0 Å². The maximum atomic E-state index is 7.18. The molecule has 4 heteroatoms. The highest BCUT2D eigenvalue weighted by atomic mass is 14.9. The van der Waals surface area contributed by atoms with Crippen LogP contribution in [0.3, 0.4) is 0 Å². The van der Waals surface area contributed by atoms with Crippen molar-refractivity contribution in [2.75, 3.05) is 6.54 Å². The Morgan fingerprint density at radius 3 is 2.96 bits per heavy atom. The summed E-state index contributed by atoms with van der Waals surface area (Å²) in [6.07, 6.45) is 7.00. The molecule has 4 nitrogen and oxygen atoms in total. The Balaban J connectivity index is 1.40. The second-order valence-electron chi connectivity index (χ2n) is 6.17. The molecule has 0 bridgehead atoms. The lowest BCUT2D eigenvalue weighted by Gasteiger charge is -2.04. The van der Waals surface area contributed by atoms with Crippen LogP contribution < -0.4 is 5.32 Å². The lowest BCUT2D eigenvalue weighted by atomic mass is 10.1. The van der Waals surface area contributed by atoms with Crippen molar-refractivity contribution >= 4 is 16.6 Å². The molecule has 2 unspecified atom stereocenters. The van der Waals surface area contributed by atoms with Crippen molar-refractivity contribution < 1.29 is 0 Å². The van der Waals surface area contributed by atoms with Gasteiger partial charge in [-0.15, -0.1) is 0 Å². The summed E-state index contributed by atoms with van der Waals surface area (Å²) < 4.78 is 0. The number of H-pyrrole nitrogens is 1. The number of pyridine rings is 1. The quantitative estimate of drug-likeness (QED) is 0.700. The van der Waals surface area contributed by atoms with Crippen LogP contribution in [0.2, 0.25) is 0 Å². The van der Waals surface area contributed by atoms with E-state index in [-0.39, 0.29) is 0 Å². The average molecular weight is 302 g/mol. The van der Waals surface area contributed by atoms with E-state index in [4.69, 9.17) is 6.57 Å². The summed E-state index contributed by atoms with van der Waals surface area (Å²) in [7, 11) is 0. The van der Waals surface area contributed by atoms with E-state index in [1.807, 2.05) is 42.7 Å². The van der Waals surface area contributed by atoms with Crippen molar-refractivity contribution in [3.8, 4) is 0 Å². The van der Waals surface area contributed by atoms with Gasteiger partial charge in [0.2, 0.25) is 0 Å². The molecule has 2 N–H and O–H groups in total. The lowest BCUT2D eigenvalue weighted by molar-refractivity contribution is 0.627. The summed E-state index contributed by atoms with van der Waals surface area (Å²) in [5, 5.41) is 4.75. The summed E-state index contributed by atoms with van der Waals surface area (Å²) in [5.74, 6) is 1.29. The average Bonchev–Trinajstić information content (AvgIpc) is 3.24. The predicted octanol–water partition coefficient (Wildman–Crippen LogP) is 4.01. The molecule has 1 saturated carbocycles. The third-order valence-corrected chi connectivity index (χ3v) is 4.63. The summed E-state index contributed by atoms with van der Waals surface area (Å²) in [5.41, 5.74) is 4.47. The monoisotopic (exact) mass is 302 g/mol. The first-order valence-corrected chi connectivity index (χ1v) is 7.93. The van der Waals surface area contributed by atoms with Crippen LogP contribution in [-0.4, -0.2) is 16.5 Å². The zero-order valence-electron chi connectivity index (χ0n) is 12.8. The van der Waals surface area contributed by atoms with Gasteiger partial charge in [-0.1, -0.05) is 6.07 Å². The Morgan fingerprint density at radius 2 is 2.13 bits per heavy atom. The van der Waals surface area contributed by atoms with E-state index in [0.29, 0.717) is 17.5 Å². The Hall–Kier alpha value is -2.64. The number of aromatic amines is 1. The number of fused-ring (bicyclic) bond motifs is 1. The van der Waals surface area contributed by atoms with Gasteiger partial charge in [0.25, 0.3) is 0 Å². The molecule has 0 amide bonds. The van der Waals surface area contributed by atoms with Gasteiger partial charge in [0.15, 0.2) is 5.69 Å². The summed E-state index contributed by atoms with van der Waals surface area (Å²) in [6, 6.07) is 9.97. The van der Waals surface area contributed by atoms with Crippen LogP contribution in [0.15, 0.2) is 48.9 Å². The van der Waals surface area contributed by atoms with Crippen molar-refractivity contribution in [3.05, 3.63) is 71.5 Å². The third-order valence-electron chi connectivity index (χ3n) is 4.63. The van der Waals surface area contributed by atoms with Crippen LogP contribution in [0, 0.1) is 12.5 Å². The molecule has 1 aliphatic carbocycles. The highest BCUT2D eigenvalue weighted by Gasteiger charge is 2.39. The fraction of sp³-hybridized carbons (Fsp3) is 0.263. The van der Waals surface area contributed by atoms with Crippen molar-refractivity contribution in [2.24, 2.45) is 5.92 Å². The number of hydrogen-bond donors (Lipinski definition) is 2. The largest absolute Gasteiger partial charge is 0.361 e. The first-order chi connectivity index (χ1) is 11.3. The molecule has 0 saturated heterocycles. The zero-order valence-corrected chi connectivity index (χ0v) is 12.8. The van der Waals surface area contributed by atoms with Crippen molar-refractivity contribution in [1.82, 2.24) is 15.3 Å². The van der Waals surface area contributed by atoms with E-state index in [9.17, 15) is 0 Å². The summed E-state index contributed by atoms with van der Waals surface area (Å²) >= 11 is 0. The van der Waals surface area contributed by atoms with Gasteiger partial charge in [-0.05, 0) is 65.6 Å². The molecule has 1 aromatic carbocycles. The number of nitrogens with zero attached hydrogens (tertiary/aromatic N) is 2. The van der Waals surface area contributed by atoms with Gasteiger partial charge in [-0.2, -0.15) is 0 Å².